The Labute approximate surface area is 161 Å². The van der Waals surface area contributed by atoms with Gasteiger partial charge in [-0.25, -0.2) is 12.4 Å². The largest absolute Gasteiger partial charge is 0.299 e. The van der Waals surface area contributed by atoms with Crippen molar-refractivity contribution in [1.82, 2.24) is 3.97 Å². The summed E-state index contributed by atoms with van der Waals surface area (Å²) in [6, 6.07) is 6.62. The lowest BCUT2D eigenvalue weighted by atomic mass is 10.0. The van der Waals surface area contributed by atoms with E-state index in [0.717, 1.165) is 22.4 Å². The Morgan fingerprint density at radius 2 is 1.30 bits per heavy atom. The van der Waals surface area contributed by atoms with Crippen LogP contribution in [0.2, 0.25) is 0 Å². The van der Waals surface area contributed by atoms with Gasteiger partial charge in [-0.2, -0.15) is 0 Å². The summed E-state index contributed by atoms with van der Waals surface area (Å²) < 4.78 is 27.0. The van der Waals surface area contributed by atoms with Gasteiger partial charge in [0.15, 0.2) is 0 Å². The van der Waals surface area contributed by atoms with Crippen molar-refractivity contribution in [2.75, 3.05) is 0 Å². The molecule has 0 unspecified atom stereocenters. The van der Waals surface area contributed by atoms with Crippen LogP contribution in [0.4, 0.5) is 0 Å². The van der Waals surface area contributed by atoms with Crippen LogP contribution in [-0.4, -0.2) is 24.0 Å². The number of carbonyl (C=O) groups is 2. The highest BCUT2D eigenvalue weighted by Crippen LogP contribution is 2.21. The molecule has 1 aromatic carbocycles. The van der Waals surface area contributed by atoms with E-state index in [2.05, 4.69) is 0 Å². The number of hydrogen-bond donors (Lipinski definition) is 0. The number of hydrogen-bond acceptors (Lipinski definition) is 4. The van der Waals surface area contributed by atoms with Gasteiger partial charge in [0.2, 0.25) is 0 Å². The lowest BCUT2D eigenvalue weighted by Crippen LogP contribution is -2.11. The van der Waals surface area contributed by atoms with Crippen LogP contribution in [0.25, 0.3) is 0 Å². The van der Waals surface area contributed by atoms with Crippen LogP contribution in [0.5, 0.6) is 0 Å². The zero-order chi connectivity index (χ0) is 20.0. The molecule has 27 heavy (non-hydrogen) atoms. The molecule has 0 saturated carbocycles. The minimum absolute atomic E-state index is 0.0483. The van der Waals surface area contributed by atoms with E-state index in [9.17, 15) is 18.0 Å². The summed E-state index contributed by atoms with van der Waals surface area (Å²) in [5.74, 6) is 0.0966. The van der Waals surface area contributed by atoms with Crippen molar-refractivity contribution in [3.63, 3.8) is 0 Å². The molecule has 0 saturated heterocycles. The first kappa shape index (κ1) is 21.1. The van der Waals surface area contributed by atoms with Crippen LogP contribution in [-0.2, 0) is 32.5 Å². The van der Waals surface area contributed by atoms with Crippen molar-refractivity contribution < 1.29 is 18.0 Å². The van der Waals surface area contributed by atoms with Gasteiger partial charge >= 0.3 is 0 Å². The molecular weight excluding hydrogens is 362 g/mol. The van der Waals surface area contributed by atoms with Gasteiger partial charge in [-0.3, -0.25) is 9.59 Å². The topological polar surface area (TPSA) is 73.2 Å². The van der Waals surface area contributed by atoms with Gasteiger partial charge in [-0.15, -0.1) is 0 Å². The fourth-order valence-corrected chi connectivity index (χ4v) is 4.21. The molecule has 0 atom stereocenters. The maximum Gasteiger partial charge on any atom is 0.267 e. The molecule has 2 aromatic rings. The molecule has 0 amide bonds. The van der Waals surface area contributed by atoms with E-state index in [0.29, 0.717) is 24.0 Å². The van der Waals surface area contributed by atoms with Gasteiger partial charge in [0.1, 0.15) is 11.6 Å². The van der Waals surface area contributed by atoms with Crippen molar-refractivity contribution in [2.45, 2.75) is 64.2 Å². The molecule has 2 rings (SSSR count). The molecule has 0 fully saturated rings. The highest BCUT2D eigenvalue weighted by Gasteiger charge is 2.21. The van der Waals surface area contributed by atoms with Crippen LogP contribution in [0.15, 0.2) is 41.6 Å². The van der Waals surface area contributed by atoms with E-state index >= 15 is 0 Å². The predicted molar refractivity (Wildman–Crippen MR) is 105 cm³/mol. The quantitative estimate of drug-likeness (QED) is 0.618. The Hall–Kier alpha value is -2.21. The van der Waals surface area contributed by atoms with Gasteiger partial charge in [-0.1, -0.05) is 31.5 Å². The van der Waals surface area contributed by atoms with E-state index in [4.69, 9.17) is 0 Å². The third-order valence-electron chi connectivity index (χ3n) is 4.41. The first-order valence-corrected chi connectivity index (χ1v) is 10.8. The number of Topliss-reactive ketones (excluding diaryl/α,β-unsaturated/α-hetero) is 2. The SMILES string of the molecule is CCCC(=O)Cc1cn(S(=O)(=O)c2ccc(C)cc2)cc1CC(=O)CCC. The summed E-state index contributed by atoms with van der Waals surface area (Å²) in [6.07, 6.45) is 5.64. The number of rotatable bonds is 10. The average Bonchev–Trinajstić information content (AvgIpc) is 2.99. The molecule has 0 spiro atoms. The maximum atomic E-state index is 12.9. The number of carbonyl (C=O) groups excluding carboxylic acids is 2. The third-order valence-corrected chi connectivity index (χ3v) is 6.04. The monoisotopic (exact) mass is 389 g/mol. The molecule has 0 aliphatic rings. The number of aromatic nitrogens is 1. The van der Waals surface area contributed by atoms with E-state index in [1.54, 1.807) is 24.3 Å². The number of nitrogens with zero attached hydrogens (tertiary/aromatic N) is 1. The summed E-state index contributed by atoms with van der Waals surface area (Å²) in [7, 11) is -3.76. The second-order valence-corrected chi connectivity index (χ2v) is 8.73. The minimum Gasteiger partial charge on any atom is -0.299 e. The molecule has 0 bridgehead atoms. The molecule has 6 heteroatoms. The second-order valence-electron chi connectivity index (χ2n) is 6.89. The Bertz CT molecular complexity index is 871. The molecule has 0 aliphatic carbocycles. The van der Waals surface area contributed by atoms with Gasteiger partial charge in [0.25, 0.3) is 10.0 Å². The Balaban J connectivity index is 2.41. The molecule has 0 N–H and O–H groups in total. The van der Waals surface area contributed by atoms with Crippen molar-refractivity contribution in [3.05, 3.63) is 53.3 Å². The molecule has 0 radical (unpaired) electrons. The van der Waals surface area contributed by atoms with E-state index in [1.165, 1.54) is 12.4 Å². The van der Waals surface area contributed by atoms with E-state index < -0.39 is 10.0 Å². The Morgan fingerprint density at radius 1 is 0.852 bits per heavy atom. The lowest BCUT2D eigenvalue weighted by Gasteiger charge is -2.05. The number of aryl methyl sites for hydroxylation is 1. The standard InChI is InChI=1S/C21H27NO4S/c1-4-6-19(23)12-17-14-22(15-18(17)13-20(24)7-5-2)27(25,26)21-10-8-16(3)9-11-21/h8-11,14-15H,4-7,12-13H2,1-3H3. The first-order chi connectivity index (χ1) is 12.8. The van der Waals surface area contributed by atoms with Gasteiger partial charge in [-0.05, 0) is 43.0 Å². The predicted octanol–water partition coefficient (Wildman–Crippen LogP) is 3.86. The summed E-state index contributed by atoms with van der Waals surface area (Å²) in [5, 5.41) is 0. The second kappa shape index (κ2) is 9.13. The summed E-state index contributed by atoms with van der Waals surface area (Å²) >= 11 is 0. The number of ketones is 2. The van der Waals surface area contributed by atoms with Crippen molar-refractivity contribution in [1.29, 1.82) is 0 Å². The lowest BCUT2D eigenvalue weighted by molar-refractivity contribution is -0.119. The van der Waals surface area contributed by atoms with Crippen molar-refractivity contribution in [2.24, 2.45) is 0 Å². The van der Waals surface area contributed by atoms with Crippen molar-refractivity contribution >= 4 is 21.6 Å². The zero-order valence-electron chi connectivity index (χ0n) is 16.2. The van der Waals surface area contributed by atoms with Crippen LogP contribution < -0.4 is 0 Å². The van der Waals surface area contributed by atoms with Crippen LogP contribution in [0.3, 0.4) is 0 Å². The van der Waals surface area contributed by atoms with Gasteiger partial charge < -0.3 is 0 Å². The van der Waals surface area contributed by atoms with Crippen LogP contribution in [0.1, 0.15) is 56.2 Å². The van der Waals surface area contributed by atoms with Crippen molar-refractivity contribution in [3.8, 4) is 0 Å². The Morgan fingerprint density at radius 3 is 1.70 bits per heavy atom. The maximum absolute atomic E-state index is 12.9. The molecule has 146 valence electrons. The smallest absolute Gasteiger partial charge is 0.267 e. The molecule has 0 aliphatic heterocycles. The highest BCUT2D eigenvalue weighted by atomic mass is 32.2. The zero-order valence-corrected chi connectivity index (χ0v) is 17.0. The summed E-state index contributed by atoms with van der Waals surface area (Å²) in [6.45, 7) is 5.74. The highest BCUT2D eigenvalue weighted by molar-refractivity contribution is 7.90. The summed E-state index contributed by atoms with van der Waals surface area (Å²) in [5.41, 5.74) is 2.21. The molecule has 5 nitrogen and oxygen atoms in total. The number of benzene rings is 1. The summed E-state index contributed by atoms with van der Waals surface area (Å²) in [4.78, 5) is 24.4. The normalized spacial score (nSPS) is 11.5. The fourth-order valence-electron chi connectivity index (χ4n) is 2.96. The first-order valence-electron chi connectivity index (χ1n) is 9.33. The van der Waals surface area contributed by atoms with E-state index in [-0.39, 0.29) is 29.3 Å². The molecule has 1 aromatic heterocycles. The third kappa shape index (κ3) is 5.39. The average molecular weight is 390 g/mol. The van der Waals surface area contributed by atoms with Gasteiger partial charge in [0, 0.05) is 38.1 Å². The van der Waals surface area contributed by atoms with Crippen LogP contribution in [0, 0.1) is 6.92 Å². The molecule has 1 heterocycles. The Kier molecular flexibility index (Phi) is 7.13. The minimum atomic E-state index is -3.76. The molecular formula is C21H27NO4S. The van der Waals surface area contributed by atoms with E-state index in [1.807, 2.05) is 20.8 Å². The van der Waals surface area contributed by atoms with Crippen LogP contribution >= 0.6 is 0 Å². The fraction of sp³-hybridized carbons (Fsp3) is 0.429. The van der Waals surface area contributed by atoms with Gasteiger partial charge in [0.05, 0.1) is 4.90 Å².